The molecule has 1 amide bonds. The normalized spacial score (nSPS) is 25.4. The largest absolute Gasteiger partial charge is 0.436 e. The molecule has 2 bridgehead atoms. The molecule has 1 aromatic carbocycles. The summed E-state index contributed by atoms with van der Waals surface area (Å²) in [5.41, 5.74) is 2.84. The fraction of sp³-hybridized carbons (Fsp3) is 0.368. The van der Waals surface area contributed by atoms with Crippen LogP contribution in [0.4, 0.5) is 0 Å². The summed E-state index contributed by atoms with van der Waals surface area (Å²) in [5.74, 6) is 1.13. The average molecular weight is 353 g/mol. The Morgan fingerprint density at radius 2 is 2.16 bits per heavy atom. The van der Waals surface area contributed by atoms with E-state index in [1.165, 1.54) is 25.9 Å². The van der Waals surface area contributed by atoms with E-state index in [9.17, 15) is 4.79 Å². The van der Waals surface area contributed by atoms with Gasteiger partial charge >= 0.3 is 0 Å². The molecular weight excluding hydrogens is 334 g/mol. The molecule has 25 heavy (non-hydrogen) atoms. The molecule has 0 saturated carbocycles. The Bertz CT molecular complexity index is 910. The van der Waals surface area contributed by atoms with Crippen LogP contribution in [0.5, 0.6) is 0 Å². The maximum atomic E-state index is 12.9. The van der Waals surface area contributed by atoms with Crippen LogP contribution in [0, 0.1) is 5.92 Å². The van der Waals surface area contributed by atoms with Gasteiger partial charge in [0, 0.05) is 23.5 Å². The lowest BCUT2D eigenvalue weighted by Gasteiger charge is -2.44. The predicted molar refractivity (Wildman–Crippen MR) is 97.7 cm³/mol. The molecule has 0 aliphatic carbocycles. The molecule has 2 aromatic heterocycles. The lowest BCUT2D eigenvalue weighted by molar-refractivity contribution is 0.0621. The summed E-state index contributed by atoms with van der Waals surface area (Å²) in [6, 6.07) is 7.77. The summed E-state index contributed by atoms with van der Waals surface area (Å²) in [6.07, 6.45) is 2.36. The maximum Gasteiger partial charge on any atom is 0.253 e. The van der Waals surface area contributed by atoms with E-state index in [0.717, 1.165) is 12.1 Å². The maximum absolute atomic E-state index is 12.9. The third kappa shape index (κ3) is 2.65. The van der Waals surface area contributed by atoms with Crippen molar-refractivity contribution in [3.05, 3.63) is 40.6 Å². The van der Waals surface area contributed by atoms with Crippen molar-refractivity contribution in [3.8, 4) is 11.5 Å². The van der Waals surface area contributed by atoms with E-state index in [4.69, 9.17) is 4.42 Å². The molecule has 3 aromatic rings. The SMILES string of the molecule is O=C(NC1CN2CCC1CC2)c1cccc2oc(-c3ccsc3)nc12. The molecule has 3 fully saturated rings. The molecule has 1 unspecified atom stereocenters. The minimum atomic E-state index is -0.0467. The number of piperidine rings is 3. The Kier molecular flexibility index (Phi) is 3.60. The van der Waals surface area contributed by atoms with Crippen molar-refractivity contribution in [2.45, 2.75) is 18.9 Å². The number of rotatable bonds is 3. The van der Waals surface area contributed by atoms with Crippen molar-refractivity contribution in [2.24, 2.45) is 5.92 Å². The first-order chi connectivity index (χ1) is 12.3. The van der Waals surface area contributed by atoms with Crippen LogP contribution in [0.3, 0.4) is 0 Å². The molecule has 3 saturated heterocycles. The second-order valence-electron chi connectivity index (χ2n) is 6.90. The quantitative estimate of drug-likeness (QED) is 0.784. The smallest absolute Gasteiger partial charge is 0.253 e. The predicted octanol–water partition coefficient (Wildman–Crippen LogP) is 3.38. The van der Waals surface area contributed by atoms with Gasteiger partial charge in [0.2, 0.25) is 5.89 Å². The minimum Gasteiger partial charge on any atom is -0.436 e. The number of benzene rings is 1. The van der Waals surface area contributed by atoms with E-state index >= 15 is 0 Å². The van der Waals surface area contributed by atoms with Crippen LogP contribution in [0.15, 0.2) is 39.4 Å². The lowest BCUT2D eigenvalue weighted by atomic mass is 9.84. The highest BCUT2D eigenvalue weighted by atomic mass is 32.1. The van der Waals surface area contributed by atoms with Gasteiger partial charge in [-0.25, -0.2) is 4.98 Å². The second-order valence-corrected chi connectivity index (χ2v) is 7.68. The van der Waals surface area contributed by atoms with Crippen molar-refractivity contribution in [2.75, 3.05) is 19.6 Å². The molecule has 1 atom stereocenters. The second kappa shape index (κ2) is 5.97. The fourth-order valence-electron chi connectivity index (χ4n) is 4.02. The molecular formula is C19H19N3O2S. The van der Waals surface area contributed by atoms with Crippen molar-refractivity contribution in [1.82, 2.24) is 15.2 Å². The number of thiophene rings is 1. The Hall–Kier alpha value is -2.18. The zero-order valence-corrected chi connectivity index (χ0v) is 14.6. The summed E-state index contributed by atoms with van der Waals surface area (Å²) in [5, 5.41) is 7.23. The number of carbonyl (C=O) groups excluding carboxylic acids is 1. The van der Waals surface area contributed by atoms with Gasteiger partial charge in [0.25, 0.3) is 5.91 Å². The van der Waals surface area contributed by atoms with E-state index in [2.05, 4.69) is 15.2 Å². The highest BCUT2D eigenvalue weighted by molar-refractivity contribution is 7.08. The Morgan fingerprint density at radius 3 is 2.88 bits per heavy atom. The third-order valence-corrected chi connectivity index (χ3v) is 6.09. The number of carbonyl (C=O) groups is 1. The number of amides is 1. The number of para-hydroxylation sites is 1. The molecule has 1 N–H and O–H groups in total. The van der Waals surface area contributed by atoms with Gasteiger partial charge in [0.15, 0.2) is 5.58 Å². The van der Waals surface area contributed by atoms with Gasteiger partial charge < -0.3 is 14.6 Å². The molecule has 6 rings (SSSR count). The van der Waals surface area contributed by atoms with Crippen molar-refractivity contribution in [1.29, 1.82) is 0 Å². The number of hydrogen-bond acceptors (Lipinski definition) is 5. The van der Waals surface area contributed by atoms with Crippen molar-refractivity contribution in [3.63, 3.8) is 0 Å². The van der Waals surface area contributed by atoms with Gasteiger partial charge in [-0.2, -0.15) is 11.3 Å². The van der Waals surface area contributed by atoms with E-state index in [-0.39, 0.29) is 11.9 Å². The van der Waals surface area contributed by atoms with Crippen LogP contribution in [-0.2, 0) is 0 Å². The monoisotopic (exact) mass is 353 g/mol. The Balaban J connectivity index is 1.45. The topological polar surface area (TPSA) is 58.4 Å². The van der Waals surface area contributed by atoms with Crippen molar-refractivity contribution < 1.29 is 9.21 Å². The number of nitrogens with one attached hydrogen (secondary N) is 1. The zero-order valence-electron chi connectivity index (χ0n) is 13.8. The Morgan fingerprint density at radius 1 is 1.28 bits per heavy atom. The molecule has 3 aliphatic heterocycles. The van der Waals surface area contributed by atoms with Crippen LogP contribution in [0.25, 0.3) is 22.6 Å². The molecule has 5 nitrogen and oxygen atoms in total. The first-order valence-corrected chi connectivity index (χ1v) is 9.67. The fourth-order valence-corrected chi connectivity index (χ4v) is 4.65. The zero-order chi connectivity index (χ0) is 16.8. The van der Waals surface area contributed by atoms with Gasteiger partial charge in [-0.15, -0.1) is 0 Å². The molecule has 128 valence electrons. The highest BCUT2D eigenvalue weighted by Crippen LogP contribution is 2.30. The van der Waals surface area contributed by atoms with E-state index < -0.39 is 0 Å². The Labute approximate surface area is 149 Å². The van der Waals surface area contributed by atoms with Crippen molar-refractivity contribution >= 4 is 28.3 Å². The molecule has 0 radical (unpaired) electrons. The van der Waals surface area contributed by atoms with Gasteiger partial charge in [-0.1, -0.05) is 6.07 Å². The van der Waals surface area contributed by atoms with Crippen LogP contribution in [0.1, 0.15) is 23.2 Å². The van der Waals surface area contributed by atoms with Gasteiger partial charge in [0.05, 0.1) is 5.56 Å². The number of nitrogens with zero attached hydrogens (tertiary/aromatic N) is 2. The number of fused-ring (bicyclic) bond motifs is 4. The van der Waals surface area contributed by atoms with E-state index in [1.807, 2.05) is 35.0 Å². The lowest BCUT2D eigenvalue weighted by Crippen LogP contribution is -2.57. The minimum absolute atomic E-state index is 0.0467. The first-order valence-electron chi connectivity index (χ1n) is 8.73. The average Bonchev–Trinajstić information content (AvgIpc) is 3.31. The van der Waals surface area contributed by atoms with Gasteiger partial charge in [0.1, 0.15) is 5.52 Å². The number of hydrogen-bond donors (Lipinski definition) is 1. The summed E-state index contributed by atoms with van der Waals surface area (Å²) < 4.78 is 5.85. The molecule has 5 heterocycles. The third-order valence-electron chi connectivity index (χ3n) is 5.40. The van der Waals surface area contributed by atoms with E-state index in [0.29, 0.717) is 28.5 Å². The first kappa shape index (κ1) is 15.1. The standard InChI is InChI=1S/C19H19N3O2S/c23-18(20-15-10-22-7-4-12(15)5-8-22)14-2-1-3-16-17(14)21-19(24-16)13-6-9-25-11-13/h1-3,6,9,11-12,15H,4-5,7-8,10H2,(H,20,23). The summed E-state index contributed by atoms with van der Waals surface area (Å²) >= 11 is 1.60. The van der Waals surface area contributed by atoms with Gasteiger partial charge in [-0.05, 0) is 55.4 Å². The molecule has 3 aliphatic rings. The summed E-state index contributed by atoms with van der Waals surface area (Å²) in [7, 11) is 0. The number of oxazole rings is 1. The van der Waals surface area contributed by atoms with E-state index in [1.54, 1.807) is 11.3 Å². The number of aromatic nitrogens is 1. The molecule has 0 spiro atoms. The van der Waals surface area contributed by atoms with Crippen LogP contribution < -0.4 is 5.32 Å². The van der Waals surface area contributed by atoms with Crippen LogP contribution in [-0.4, -0.2) is 41.5 Å². The van der Waals surface area contributed by atoms with Crippen LogP contribution >= 0.6 is 11.3 Å². The van der Waals surface area contributed by atoms with Crippen LogP contribution in [0.2, 0.25) is 0 Å². The summed E-state index contributed by atoms with van der Waals surface area (Å²) in [4.78, 5) is 19.9. The highest BCUT2D eigenvalue weighted by Gasteiger charge is 2.35. The van der Waals surface area contributed by atoms with Gasteiger partial charge in [-0.3, -0.25) is 4.79 Å². The molecule has 6 heteroatoms. The summed E-state index contributed by atoms with van der Waals surface area (Å²) in [6.45, 7) is 3.30.